The van der Waals surface area contributed by atoms with Crippen molar-refractivity contribution in [2.75, 3.05) is 13.2 Å². The Hall–Kier alpha value is -1.59. The van der Waals surface area contributed by atoms with Gasteiger partial charge >= 0.3 is 0 Å². The molecule has 0 fully saturated rings. The number of aromatic amines is 1. The van der Waals surface area contributed by atoms with E-state index in [2.05, 4.69) is 11.6 Å². The van der Waals surface area contributed by atoms with Crippen LogP contribution in [0.5, 0.6) is 5.75 Å². The van der Waals surface area contributed by atoms with Gasteiger partial charge in [-0.2, -0.15) is 0 Å². The molecule has 4 nitrogen and oxygen atoms in total. The van der Waals surface area contributed by atoms with E-state index in [1.54, 1.807) is 0 Å². The number of aromatic nitrogens is 2. The lowest BCUT2D eigenvalue weighted by atomic mass is 10.3. The zero-order valence-electron chi connectivity index (χ0n) is 12.6. The fourth-order valence-electron chi connectivity index (χ4n) is 2.15. The first-order chi connectivity index (χ1) is 10.1. The zero-order valence-corrected chi connectivity index (χ0v) is 13.4. The molecule has 1 aromatic carbocycles. The van der Waals surface area contributed by atoms with Crippen molar-refractivity contribution < 1.29 is 9.47 Å². The van der Waals surface area contributed by atoms with Gasteiger partial charge in [-0.25, -0.2) is 0 Å². The number of ether oxygens (including phenoxy) is 2. The fourth-order valence-corrected chi connectivity index (χ4v) is 2.44. The number of fused-ring (bicyclic) bond motifs is 1. The van der Waals surface area contributed by atoms with E-state index < -0.39 is 0 Å². The first kappa shape index (κ1) is 15.8. The maximum atomic E-state index is 5.82. The van der Waals surface area contributed by atoms with Crippen molar-refractivity contribution in [3.63, 3.8) is 0 Å². The molecular formula is C16H22N2O2S. The van der Waals surface area contributed by atoms with Crippen molar-refractivity contribution in [2.24, 2.45) is 0 Å². The molecule has 0 unspecified atom stereocenters. The van der Waals surface area contributed by atoms with Crippen LogP contribution in [0.25, 0.3) is 11.0 Å². The van der Waals surface area contributed by atoms with E-state index in [4.69, 9.17) is 21.7 Å². The average molecular weight is 306 g/mol. The first-order valence-electron chi connectivity index (χ1n) is 7.20. The molecule has 2 aromatic rings. The van der Waals surface area contributed by atoms with Gasteiger partial charge in [0, 0.05) is 6.54 Å². The molecule has 2 rings (SSSR count). The average Bonchev–Trinajstić information content (AvgIpc) is 2.76. The topological polar surface area (TPSA) is 39.2 Å². The third kappa shape index (κ3) is 3.95. The number of para-hydroxylation sites is 1. The van der Waals surface area contributed by atoms with Gasteiger partial charge in [-0.1, -0.05) is 12.1 Å². The summed E-state index contributed by atoms with van der Waals surface area (Å²) in [6.07, 6.45) is 2.85. The number of nitrogens with one attached hydrogen (secondary N) is 1. The Morgan fingerprint density at radius 3 is 2.90 bits per heavy atom. The summed E-state index contributed by atoms with van der Waals surface area (Å²) < 4.78 is 14.1. The number of H-pyrrole nitrogens is 1. The molecule has 1 aromatic heterocycles. The van der Waals surface area contributed by atoms with E-state index in [1.807, 2.05) is 42.7 Å². The number of benzene rings is 1. The van der Waals surface area contributed by atoms with Gasteiger partial charge < -0.3 is 19.0 Å². The van der Waals surface area contributed by atoms with Crippen LogP contribution in [0.4, 0.5) is 0 Å². The molecule has 0 amide bonds. The summed E-state index contributed by atoms with van der Waals surface area (Å²) in [7, 11) is 0. The van der Waals surface area contributed by atoms with Crippen molar-refractivity contribution in [1.29, 1.82) is 0 Å². The molecule has 0 aliphatic rings. The fraction of sp³-hybridized carbons (Fsp3) is 0.438. The SMILES string of the molecule is C=CCCOCCn1c(=S)[nH]c2c(OC(C)C)cccc21. The van der Waals surface area contributed by atoms with Gasteiger partial charge in [-0.05, 0) is 44.6 Å². The van der Waals surface area contributed by atoms with Crippen LogP contribution in [0.2, 0.25) is 0 Å². The van der Waals surface area contributed by atoms with Gasteiger partial charge in [-0.3, -0.25) is 0 Å². The molecule has 0 saturated heterocycles. The normalized spacial score (nSPS) is 11.2. The highest BCUT2D eigenvalue weighted by Crippen LogP contribution is 2.25. The molecule has 114 valence electrons. The predicted molar refractivity (Wildman–Crippen MR) is 88.5 cm³/mol. The molecule has 21 heavy (non-hydrogen) atoms. The van der Waals surface area contributed by atoms with Crippen LogP contribution in [0.3, 0.4) is 0 Å². The van der Waals surface area contributed by atoms with Gasteiger partial charge in [-0.15, -0.1) is 6.58 Å². The standard InChI is InChI=1S/C16H22N2O2S/c1-4-5-10-19-11-9-18-13-7-6-8-14(20-12(2)3)15(13)17-16(18)21/h4,6-8,12H,1,5,9-11H2,2-3H3,(H,17,21). The van der Waals surface area contributed by atoms with Gasteiger partial charge in [0.05, 0.1) is 24.8 Å². The Balaban J connectivity index is 2.18. The Bertz CT molecular complexity index is 658. The third-order valence-corrected chi connectivity index (χ3v) is 3.38. The summed E-state index contributed by atoms with van der Waals surface area (Å²) in [5.41, 5.74) is 1.99. The largest absolute Gasteiger partial charge is 0.489 e. The minimum atomic E-state index is 0.128. The monoisotopic (exact) mass is 306 g/mol. The molecule has 0 saturated carbocycles. The van der Waals surface area contributed by atoms with Crippen molar-refractivity contribution in [3.05, 3.63) is 35.6 Å². The van der Waals surface area contributed by atoms with E-state index in [0.29, 0.717) is 18.0 Å². The predicted octanol–water partition coefficient (Wildman–Crippen LogP) is 4.08. The van der Waals surface area contributed by atoms with Crippen molar-refractivity contribution in [2.45, 2.75) is 32.9 Å². The minimum Gasteiger partial charge on any atom is -0.489 e. The minimum absolute atomic E-state index is 0.128. The number of rotatable bonds is 8. The van der Waals surface area contributed by atoms with E-state index >= 15 is 0 Å². The van der Waals surface area contributed by atoms with Crippen LogP contribution < -0.4 is 4.74 Å². The van der Waals surface area contributed by atoms with E-state index in [9.17, 15) is 0 Å². The highest BCUT2D eigenvalue weighted by Gasteiger charge is 2.10. The number of imidazole rings is 1. The van der Waals surface area contributed by atoms with Crippen LogP contribution in [0, 0.1) is 4.77 Å². The highest BCUT2D eigenvalue weighted by atomic mass is 32.1. The molecular weight excluding hydrogens is 284 g/mol. The summed E-state index contributed by atoms with van der Waals surface area (Å²) in [4.78, 5) is 3.23. The molecule has 1 N–H and O–H groups in total. The van der Waals surface area contributed by atoms with Crippen LogP contribution >= 0.6 is 12.2 Å². The molecule has 0 atom stereocenters. The second-order valence-electron chi connectivity index (χ2n) is 5.09. The number of nitrogens with zero attached hydrogens (tertiary/aromatic N) is 1. The molecule has 0 aliphatic carbocycles. The van der Waals surface area contributed by atoms with Crippen LogP contribution in [-0.4, -0.2) is 28.9 Å². The lowest BCUT2D eigenvalue weighted by Crippen LogP contribution is -2.07. The Kier molecular flexibility index (Phi) is 5.59. The van der Waals surface area contributed by atoms with Crippen molar-refractivity contribution in [1.82, 2.24) is 9.55 Å². The smallest absolute Gasteiger partial charge is 0.178 e. The van der Waals surface area contributed by atoms with Gasteiger partial charge in [0.2, 0.25) is 0 Å². The van der Waals surface area contributed by atoms with E-state index in [0.717, 1.165) is 29.7 Å². The van der Waals surface area contributed by atoms with Gasteiger partial charge in [0.15, 0.2) is 4.77 Å². The van der Waals surface area contributed by atoms with Crippen molar-refractivity contribution >= 4 is 23.3 Å². The Morgan fingerprint density at radius 1 is 1.38 bits per heavy atom. The lowest BCUT2D eigenvalue weighted by molar-refractivity contribution is 0.131. The quantitative estimate of drug-likeness (QED) is 0.454. The molecule has 5 heteroatoms. The summed E-state index contributed by atoms with van der Waals surface area (Å²) in [5.74, 6) is 0.833. The second kappa shape index (κ2) is 7.43. The van der Waals surface area contributed by atoms with Gasteiger partial charge in [0.25, 0.3) is 0 Å². The van der Waals surface area contributed by atoms with Crippen LogP contribution in [0.1, 0.15) is 20.3 Å². The summed E-state index contributed by atoms with van der Waals surface area (Å²) in [6.45, 7) is 9.75. The Morgan fingerprint density at radius 2 is 2.19 bits per heavy atom. The highest BCUT2D eigenvalue weighted by molar-refractivity contribution is 7.71. The number of hydrogen-bond donors (Lipinski definition) is 1. The summed E-state index contributed by atoms with van der Waals surface area (Å²) in [5, 5.41) is 0. The first-order valence-corrected chi connectivity index (χ1v) is 7.61. The van der Waals surface area contributed by atoms with Gasteiger partial charge in [0.1, 0.15) is 11.3 Å². The van der Waals surface area contributed by atoms with E-state index in [-0.39, 0.29) is 6.10 Å². The summed E-state index contributed by atoms with van der Waals surface area (Å²) in [6, 6.07) is 5.98. The molecule has 0 spiro atoms. The van der Waals surface area contributed by atoms with Crippen molar-refractivity contribution in [3.8, 4) is 5.75 Å². The van der Waals surface area contributed by atoms with E-state index in [1.165, 1.54) is 0 Å². The van der Waals surface area contributed by atoms with Crippen LogP contribution in [0.15, 0.2) is 30.9 Å². The molecule has 0 bridgehead atoms. The zero-order chi connectivity index (χ0) is 15.2. The maximum Gasteiger partial charge on any atom is 0.178 e. The second-order valence-corrected chi connectivity index (χ2v) is 5.48. The molecule has 0 aliphatic heterocycles. The molecule has 1 heterocycles. The maximum absolute atomic E-state index is 5.82. The molecule has 0 radical (unpaired) electrons. The number of hydrogen-bond acceptors (Lipinski definition) is 3. The van der Waals surface area contributed by atoms with Crippen LogP contribution in [-0.2, 0) is 11.3 Å². The lowest BCUT2D eigenvalue weighted by Gasteiger charge is -2.10. The summed E-state index contributed by atoms with van der Waals surface area (Å²) >= 11 is 5.41. The third-order valence-electron chi connectivity index (χ3n) is 3.06. The Labute approximate surface area is 130 Å².